The lowest BCUT2D eigenvalue weighted by molar-refractivity contribution is 0.220. The van der Waals surface area contributed by atoms with Gasteiger partial charge in [0.2, 0.25) is 0 Å². The fraction of sp³-hybridized carbons (Fsp3) is 0.167. The van der Waals surface area contributed by atoms with E-state index in [0.29, 0.717) is 0 Å². The predicted octanol–water partition coefficient (Wildman–Crippen LogP) is 4.43. The summed E-state index contributed by atoms with van der Waals surface area (Å²) in [6, 6.07) is 18.0. The molecule has 1 heterocycles. The Morgan fingerprint density at radius 1 is 1.05 bits per heavy atom. The number of fused-ring (bicyclic) bond motifs is 1. The van der Waals surface area contributed by atoms with Crippen LogP contribution in [0.5, 0.6) is 0 Å². The number of para-hydroxylation sites is 1. The Bertz CT molecular complexity index is 740. The number of benzene rings is 2. The normalized spacial score (nSPS) is 12.5. The summed E-state index contributed by atoms with van der Waals surface area (Å²) >= 11 is 1.80. The fourth-order valence-corrected chi connectivity index (χ4v) is 3.00. The number of aliphatic hydroxyl groups excluding tert-OH is 1. The molecule has 0 aliphatic rings. The average Bonchev–Trinajstić information content (AvgIpc) is 2.55. The first-order valence-electron chi connectivity index (χ1n) is 7.03. The van der Waals surface area contributed by atoms with Gasteiger partial charge in [0.05, 0.1) is 5.52 Å². The lowest BCUT2D eigenvalue weighted by atomic mass is 10.0. The standard InChI is InChI=1S/C18H17NOS/c1-2-21-16-9-7-13(8-10-16)18(20)15-11-14-5-3-4-6-17(14)19-12-15/h3-12,18,20H,2H2,1H3. The molecular formula is C18H17NOS. The highest BCUT2D eigenvalue weighted by Gasteiger charge is 2.11. The summed E-state index contributed by atoms with van der Waals surface area (Å²) < 4.78 is 0. The third kappa shape index (κ3) is 3.09. The molecule has 1 unspecified atom stereocenters. The van der Waals surface area contributed by atoms with Crippen LogP contribution in [0.25, 0.3) is 10.9 Å². The number of nitrogens with zero attached hydrogens (tertiary/aromatic N) is 1. The number of rotatable bonds is 4. The molecule has 0 saturated heterocycles. The molecule has 2 aromatic carbocycles. The van der Waals surface area contributed by atoms with Crippen LogP contribution in [-0.2, 0) is 0 Å². The Balaban J connectivity index is 1.90. The van der Waals surface area contributed by atoms with E-state index in [-0.39, 0.29) is 0 Å². The van der Waals surface area contributed by atoms with Crippen LogP contribution in [0.3, 0.4) is 0 Å². The van der Waals surface area contributed by atoms with Crippen molar-refractivity contribution >= 4 is 22.7 Å². The first-order chi connectivity index (χ1) is 10.3. The second-order valence-electron chi connectivity index (χ2n) is 4.87. The number of aliphatic hydroxyl groups is 1. The van der Waals surface area contributed by atoms with Gasteiger partial charge in [-0.05, 0) is 35.6 Å². The fourth-order valence-electron chi connectivity index (χ4n) is 2.34. The maximum Gasteiger partial charge on any atom is 0.106 e. The van der Waals surface area contributed by atoms with Crippen molar-refractivity contribution < 1.29 is 5.11 Å². The molecule has 0 spiro atoms. The van der Waals surface area contributed by atoms with Crippen molar-refractivity contribution in [2.24, 2.45) is 0 Å². The Morgan fingerprint density at radius 2 is 1.81 bits per heavy atom. The number of aromatic nitrogens is 1. The van der Waals surface area contributed by atoms with E-state index in [0.717, 1.165) is 27.8 Å². The van der Waals surface area contributed by atoms with Gasteiger partial charge in [0.25, 0.3) is 0 Å². The average molecular weight is 295 g/mol. The summed E-state index contributed by atoms with van der Waals surface area (Å²) in [5.74, 6) is 1.05. The largest absolute Gasteiger partial charge is 0.384 e. The van der Waals surface area contributed by atoms with Gasteiger partial charge < -0.3 is 5.11 Å². The number of hydrogen-bond acceptors (Lipinski definition) is 3. The summed E-state index contributed by atoms with van der Waals surface area (Å²) in [5, 5.41) is 11.6. The van der Waals surface area contributed by atoms with E-state index in [1.807, 2.05) is 42.5 Å². The molecule has 1 aromatic heterocycles. The Kier molecular flexibility index (Phi) is 4.23. The van der Waals surface area contributed by atoms with Crippen LogP contribution in [0, 0.1) is 0 Å². The molecule has 106 valence electrons. The van der Waals surface area contributed by atoms with Gasteiger partial charge in [0.1, 0.15) is 6.10 Å². The molecule has 21 heavy (non-hydrogen) atoms. The van der Waals surface area contributed by atoms with Gasteiger partial charge >= 0.3 is 0 Å². The minimum Gasteiger partial charge on any atom is -0.384 e. The van der Waals surface area contributed by atoms with Crippen LogP contribution in [-0.4, -0.2) is 15.8 Å². The summed E-state index contributed by atoms with van der Waals surface area (Å²) in [6.07, 6.45) is 1.12. The zero-order valence-corrected chi connectivity index (χ0v) is 12.7. The minimum absolute atomic E-state index is 0.636. The molecule has 0 amide bonds. The van der Waals surface area contributed by atoms with Gasteiger partial charge in [-0.2, -0.15) is 0 Å². The second-order valence-corrected chi connectivity index (χ2v) is 6.20. The van der Waals surface area contributed by atoms with Gasteiger partial charge in [-0.15, -0.1) is 11.8 Å². The summed E-state index contributed by atoms with van der Waals surface area (Å²) in [5.41, 5.74) is 2.67. The van der Waals surface area contributed by atoms with Crippen molar-refractivity contribution in [2.45, 2.75) is 17.9 Å². The number of hydrogen-bond donors (Lipinski definition) is 1. The van der Waals surface area contributed by atoms with Crippen LogP contribution in [0.2, 0.25) is 0 Å². The molecule has 0 bridgehead atoms. The maximum atomic E-state index is 10.5. The van der Waals surface area contributed by atoms with Crippen LogP contribution >= 0.6 is 11.8 Å². The van der Waals surface area contributed by atoms with E-state index in [1.54, 1.807) is 18.0 Å². The van der Waals surface area contributed by atoms with Crippen LogP contribution in [0.1, 0.15) is 24.2 Å². The van der Waals surface area contributed by atoms with Crippen molar-refractivity contribution in [1.82, 2.24) is 4.98 Å². The Labute approximate surface area is 128 Å². The minimum atomic E-state index is -0.636. The highest BCUT2D eigenvalue weighted by molar-refractivity contribution is 7.99. The molecule has 2 nitrogen and oxygen atoms in total. The van der Waals surface area contributed by atoms with Crippen LogP contribution in [0.15, 0.2) is 65.7 Å². The van der Waals surface area contributed by atoms with Gasteiger partial charge in [-0.25, -0.2) is 0 Å². The lowest BCUT2D eigenvalue weighted by Gasteiger charge is -2.12. The molecule has 0 aliphatic carbocycles. The molecule has 0 radical (unpaired) electrons. The Morgan fingerprint density at radius 3 is 2.57 bits per heavy atom. The predicted molar refractivity (Wildman–Crippen MR) is 88.6 cm³/mol. The Hall–Kier alpha value is -1.84. The monoisotopic (exact) mass is 295 g/mol. The van der Waals surface area contributed by atoms with E-state index in [1.165, 1.54) is 4.90 Å². The zero-order valence-electron chi connectivity index (χ0n) is 11.9. The SMILES string of the molecule is CCSc1ccc(C(O)c2cnc3ccccc3c2)cc1. The van der Waals surface area contributed by atoms with Crippen molar-refractivity contribution in [3.63, 3.8) is 0 Å². The van der Waals surface area contributed by atoms with E-state index >= 15 is 0 Å². The van der Waals surface area contributed by atoms with Crippen molar-refractivity contribution in [1.29, 1.82) is 0 Å². The molecule has 0 saturated carbocycles. The molecule has 1 atom stereocenters. The van der Waals surface area contributed by atoms with E-state index in [9.17, 15) is 5.11 Å². The van der Waals surface area contributed by atoms with Gasteiger partial charge in [-0.1, -0.05) is 37.3 Å². The molecule has 0 fully saturated rings. The molecule has 1 N–H and O–H groups in total. The van der Waals surface area contributed by atoms with Gasteiger partial charge in [-0.3, -0.25) is 4.98 Å². The topological polar surface area (TPSA) is 33.1 Å². The molecular weight excluding hydrogens is 278 g/mol. The summed E-state index contributed by atoms with van der Waals surface area (Å²) in [4.78, 5) is 5.64. The first kappa shape index (κ1) is 14.1. The van der Waals surface area contributed by atoms with Crippen molar-refractivity contribution in [2.75, 3.05) is 5.75 Å². The highest BCUT2D eigenvalue weighted by Crippen LogP contribution is 2.26. The van der Waals surface area contributed by atoms with E-state index in [4.69, 9.17) is 0 Å². The molecule has 0 aliphatic heterocycles. The zero-order chi connectivity index (χ0) is 14.7. The van der Waals surface area contributed by atoms with E-state index < -0.39 is 6.10 Å². The number of thioether (sulfide) groups is 1. The quantitative estimate of drug-likeness (QED) is 0.723. The van der Waals surface area contributed by atoms with Crippen LogP contribution in [0.4, 0.5) is 0 Å². The van der Waals surface area contributed by atoms with E-state index in [2.05, 4.69) is 24.0 Å². The van der Waals surface area contributed by atoms with Gasteiger partial charge in [0.15, 0.2) is 0 Å². The van der Waals surface area contributed by atoms with Crippen molar-refractivity contribution in [3.05, 3.63) is 71.9 Å². The molecule has 3 heteroatoms. The van der Waals surface area contributed by atoms with Crippen LogP contribution < -0.4 is 0 Å². The summed E-state index contributed by atoms with van der Waals surface area (Å²) in [6.45, 7) is 2.13. The summed E-state index contributed by atoms with van der Waals surface area (Å²) in [7, 11) is 0. The third-order valence-corrected chi connectivity index (χ3v) is 4.33. The highest BCUT2D eigenvalue weighted by atomic mass is 32.2. The number of pyridine rings is 1. The third-order valence-electron chi connectivity index (χ3n) is 3.43. The first-order valence-corrected chi connectivity index (χ1v) is 8.02. The maximum absolute atomic E-state index is 10.5. The smallest absolute Gasteiger partial charge is 0.106 e. The molecule has 3 rings (SSSR count). The van der Waals surface area contributed by atoms with Gasteiger partial charge in [0, 0.05) is 22.0 Å². The van der Waals surface area contributed by atoms with Crippen molar-refractivity contribution in [3.8, 4) is 0 Å². The molecule has 3 aromatic rings. The second kappa shape index (κ2) is 6.29. The lowest BCUT2D eigenvalue weighted by Crippen LogP contribution is -2.00.